The predicted octanol–water partition coefficient (Wildman–Crippen LogP) is 2.38. The van der Waals surface area contributed by atoms with Gasteiger partial charge < -0.3 is 9.80 Å². The van der Waals surface area contributed by atoms with E-state index in [1.54, 1.807) is 11.3 Å². The molecule has 0 N–H and O–H groups in total. The average Bonchev–Trinajstić information content (AvgIpc) is 3.11. The van der Waals surface area contributed by atoms with Crippen LogP contribution in [0.4, 0.5) is 5.13 Å². The number of thiazole rings is 1. The summed E-state index contributed by atoms with van der Waals surface area (Å²) in [6, 6.07) is 3.78. The van der Waals surface area contributed by atoms with Gasteiger partial charge in [-0.1, -0.05) is 23.8 Å². The number of rotatable bonds is 3. The zero-order valence-corrected chi connectivity index (χ0v) is 18.9. The van der Waals surface area contributed by atoms with Gasteiger partial charge in [0, 0.05) is 32.7 Å². The van der Waals surface area contributed by atoms with Gasteiger partial charge in [0.25, 0.3) is 0 Å². The normalized spacial score (nSPS) is 21.7. The molecule has 2 aromatic rings. The third-order valence-corrected chi connectivity index (χ3v) is 8.20. The Bertz CT molecular complexity index is 1030. The summed E-state index contributed by atoms with van der Waals surface area (Å²) in [5, 5.41) is 0.997. The molecule has 1 aromatic heterocycles. The number of aryl methyl sites for hydroxylation is 2. The highest BCUT2D eigenvalue weighted by molar-refractivity contribution is 7.88. The van der Waals surface area contributed by atoms with Crippen molar-refractivity contribution in [3.63, 3.8) is 0 Å². The van der Waals surface area contributed by atoms with Gasteiger partial charge in [-0.05, 0) is 43.9 Å². The Morgan fingerprint density at radius 1 is 1.10 bits per heavy atom. The molecule has 0 spiro atoms. The molecule has 0 aliphatic carbocycles. The topological polar surface area (TPSA) is 73.8 Å². The van der Waals surface area contributed by atoms with E-state index in [4.69, 9.17) is 4.98 Å². The second kappa shape index (κ2) is 7.85. The third-order valence-electron chi connectivity index (χ3n) is 5.85. The van der Waals surface area contributed by atoms with E-state index in [-0.39, 0.29) is 5.91 Å². The number of anilines is 1. The SMILES string of the molecule is Cc1cc(C)c2nc(N3CCN(C(=O)C4CCCCN4S(C)(=O)=O)CC3)sc2c1. The number of carbonyl (C=O) groups excluding carboxylic acids is 1. The van der Waals surface area contributed by atoms with E-state index < -0.39 is 16.1 Å². The Labute approximate surface area is 176 Å². The predicted molar refractivity (Wildman–Crippen MR) is 117 cm³/mol. The van der Waals surface area contributed by atoms with Crippen molar-refractivity contribution in [2.24, 2.45) is 0 Å². The van der Waals surface area contributed by atoms with E-state index in [1.165, 1.54) is 26.4 Å². The van der Waals surface area contributed by atoms with E-state index in [0.29, 0.717) is 26.1 Å². The molecule has 158 valence electrons. The second-order valence-corrected chi connectivity index (χ2v) is 11.1. The van der Waals surface area contributed by atoms with Crippen molar-refractivity contribution in [2.45, 2.75) is 39.2 Å². The summed E-state index contributed by atoms with van der Waals surface area (Å²) in [5.41, 5.74) is 3.48. The first-order valence-corrected chi connectivity index (χ1v) is 12.8. The first kappa shape index (κ1) is 20.6. The molecular formula is C20H28N4O3S2. The molecule has 2 saturated heterocycles. The molecule has 7 nitrogen and oxygen atoms in total. The first-order chi connectivity index (χ1) is 13.7. The number of carbonyl (C=O) groups is 1. The van der Waals surface area contributed by atoms with Crippen molar-refractivity contribution in [3.05, 3.63) is 23.3 Å². The fourth-order valence-corrected chi connectivity index (χ4v) is 6.68. The maximum Gasteiger partial charge on any atom is 0.241 e. The van der Waals surface area contributed by atoms with Crippen LogP contribution in [-0.2, 0) is 14.8 Å². The van der Waals surface area contributed by atoms with Gasteiger partial charge in [0.1, 0.15) is 6.04 Å². The summed E-state index contributed by atoms with van der Waals surface area (Å²) < 4.78 is 26.8. The highest BCUT2D eigenvalue weighted by Crippen LogP contribution is 2.32. The Morgan fingerprint density at radius 3 is 2.52 bits per heavy atom. The van der Waals surface area contributed by atoms with Crippen LogP contribution < -0.4 is 4.90 Å². The van der Waals surface area contributed by atoms with E-state index in [2.05, 4.69) is 30.9 Å². The fourth-order valence-electron chi connectivity index (χ4n) is 4.37. The van der Waals surface area contributed by atoms with Gasteiger partial charge in [0.15, 0.2) is 5.13 Å². The molecule has 1 amide bonds. The Kier molecular flexibility index (Phi) is 5.56. The van der Waals surface area contributed by atoms with E-state index >= 15 is 0 Å². The molecular weight excluding hydrogens is 408 g/mol. The van der Waals surface area contributed by atoms with Gasteiger partial charge in [-0.25, -0.2) is 13.4 Å². The number of hydrogen-bond acceptors (Lipinski definition) is 6. The molecule has 2 fully saturated rings. The highest BCUT2D eigenvalue weighted by atomic mass is 32.2. The van der Waals surface area contributed by atoms with Gasteiger partial charge in [0.2, 0.25) is 15.9 Å². The molecule has 9 heteroatoms. The summed E-state index contributed by atoms with van der Waals surface area (Å²) in [4.78, 5) is 22.0. The zero-order chi connectivity index (χ0) is 20.8. The minimum atomic E-state index is -3.37. The Morgan fingerprint density at radius 2 is 1.83 bits per heavy atom. The molecule has 4 rings (SSSR count). The highest BCUT2D eigenvalue weighted by Gasteiger charge is 2.37. The van der Waals surface area contributed by atoms with Crippen LogP contribution in [-0.4, -0.2) is 73.5 Å². The number of piperidine rings is 1. The lowest BCUT2D eigenvalue weighted by atomic mass is 10.0. The lowest BCUT2D eigenvalue weighted by Crippen LogP contribution is -2.57. The lowest BCUT2D eigenvalue weighted by Gasteiger charge is -2.39. The molecule has 2 aliphatic heterocycles. The van der Waals surface area contributed by atoms with Gasteiger partial charge in [-0.3, -0.25) is 4.79 Å². The van der Waals surface area contributed by atoms with Crippen LogP contribution in [0, 0.1) is 13.8 Å². The van der Waals surface area contributed by atoms with Crippen LogP contribution in [0.25, 0.3) is 10.2 Å². The van der Waals surface area contributed by atoms with Crippen LogP contribution in [0.15, 0.2) is 12.1 Å². The van der Waals surface area contributed by atoms with E-state index in [9.17, 15) is 13.2 Å². The van der Waals surface area contributed by atoms with E-state index in [1.807, 2.05) is 4.90 Å². The zero-order valence-electron chi connectivity index (χ0n) is 17.2. The smallest absolute Gasteiger partial charge is 0.241 e. The molecule has 0 bridgehead atoms. The Hall–Kier alpha value is -1.71. The fraction of sp³-hybridized carbons (Fsp3) is 0.600. The van der Waals surface area contributed by atoms with Crippen molar-refractivity contribution < 1.29 is 13.2 Å². The van der Waals surface area contributed by atoms with Crippen LogP contribution in [0.3, 0.4) is 0 Å². The molecule has 29 heavy (non-hydrogen) atoms. The number of aromatic nitrogens is 1. The number of fused-ring (bicyclic) bond motifs is 1. The maximum atomic E-state index is 13.1. The maximum absolute atomic E-state index is 13.1. The van der Waals surface area contributed by atoms with Gasteiger partial charge in [-0.15, -0.1) is 0 Å². The largest absolute Gasteiger partial charge is 0.345 e. The average molecular weight is 437 g/mol. The van der Waals surface area contributed by atoms with Crippen molar-refractivity contribution >= 4 is 42.6 Å². The Balaban J connectivity index is 1.45. The monoisotopic (exact) mass is 436 g/mol. The minimum Gasteiger partial charge on any atom is -0.345 e. The van der Waals surface area contributed by atoms with Crippen molar-refractivity contribution in [2.75, 3.05) is 43.9 Å². The van der Waals surface area contributed by atoms with E-state index in [0.717, 1.165) is 36.6 Å². The number of hydrogen-bond donors (Lipinski definition) is 0. The number of amides is 1. The summed E-state index contributed by atoms with van der Waals surface area (Å²) in [6.45, 7) is 7.26. The quantitative estimate of drug-likeness (QED) is 0.739. The minimum absolute atomic E-state index is 0.0504. The van der Waals surface area contributed by atoms with Gasteiger partial charge in [0.05, 0.1) is 16.5 Å². The number of benzene rings is 1. The summed E-state index contributed by atoms with van der Waals surface area (Å²) in [7, 11) is -3.37. The molecule has 1 atom stereocenters. The molecule has 3 heterocycles. The van der Waals surface area contributed by atoms with Crippen LogP contribution >= 0.6 is 11.3 Å². The number of nitrogens with zero attached hydrogens (tertiary/aromatic N) is 4. The van der Waals surface area contributed by atoms with Crippen molar-refractivity contribution in [1.82, 2.24) is 14.2 Å². The molecule has 0 saturated carbocycles. The number of piperazine rings is 1. The first-order valence-electron chi connectivity index (χ1n) is 10.1. The summed E-state index contributed by atoms with van der Waals surface area (Å²) >= 11 is 1.70. The van der Waals surface area contributed by atoms with Crippen molar-refractivity contribution in [1.29, 1.82) is 0 Å². The van der Waals surface area contributed by atoms with Crippen LogP contribution in [0.2, 0.25) is 0 Å². The summed E-state index contributed by atoms with van der Waals surface area (Å²) in [6.07, 6.45) is 3.53. The second-order valence-electron chi connectivity index (χ2n) is 8.12. The van der Waals surface area contributed by atoms with Gasteiger partial charge in [-0.2, -0.15) is 4.31 Å². The van der Waals surface area contributed by atoms with Gasteiger partial charge >= 0.3 is 0 Å². The molecule has 1 unspecified atom stereocenters. The van der Waals surface area contributed by atoms with Crippen molar-refractivity contribution in [3.8, 4) is 0 Å². The molecule has 1 aromatic carbocycles. The standard InChI is InChI=1S/C20H28N4O3S2/c1-14-12-15(2)18-17(13-14)28-20(21-18)23-10-8-22(9-11-23)19(25)16-6-4-5-7-24(16)29(3,26)27/h12-13,16H,4-11H2,1-3H3. The molecule has 2 aliphatic rings. The number of sulfonamides is 1. The van der Waals surface area contributed by atoms with Crippen LogP contribution in [0.5, 0.6) is 0 Å². The third kappa shape index (κ3) is 4.13. The molecule has 0 radical (unpaired) electrons. The van der Waals surface area contributed by atoms with Crippen LogP contribution in [0.1, 0.15) is 30.4 Å². The summed E-state index contributed by atoms with van der Waals surface area (Å²) in [5.74, 6) is -0.0504. The lowest BCUT2D eigenvalue weighted by molar-refractivity contribution is -0.136.